The van der Waals surface area contributed by atoms with E-state index in [2.05, 4.69) is 29.2 Å². The second kappa shape index (κ2) is 8.15. The number of carbonyl (C=O) groups is 1. The third-order valence-electron chi connectivity index (χ3n) is 4.37. The summed E-state index contributed by atoms with van der Waals surface area (Å²) in [6.07, 6.45) is 0. The molecule has 0 aliphatic carbocycles. The van der Waals surface area contributed by atoms with Crippen molar-refractivity contribution < 1.29 is 9.90 Å². The lowest BCUT2D eigenvalue weighted by Gasteiger charge is -2.02. The summed E-state index contributed by atoms with van der Waals surface area (Å²) in [5.41, 5.74) is 5.42. The number of benzene rings is 3. The number of imidazole rings is 1. The summed E-state index contributed by atoms with van der Waals surface area (Å²) in [5.74, 6) is -0.208. The van der Waals surface area contributed by atoms with Crippen LogP contribution in [-0.2, 0) is 5.75 Å². The van der Waals surface area contributed by atoms with Crippen molar-refractivity contribution >= 4 is 17.7 Å². The SMILES string of the molecule is O=C(O)c1ccc(CSc2nc(-c3ccccc3)c(-c3ccccc3)[nH]2)cc1. The van der Waals surface area contributed by atoms with Crippen LogP contribution in [0.4, 0.5) is 0 Å². The second-order valence-corrected chi connectivity index (χ2v) is 7.25. The molecule has 0 fully saturated rings. The summed E-state index contributed by atoms with van der Waals surface area (Å²) < 4.78 is 0. The largest absolute Gasteiger partial charge is 0.478 e. The molecule has 138 valence electrons. The zero-order valence-corrected chi connectivity index (χ0v) is 15.8. The highest BCUT2D eigenvalue weighted by Crippen LogP contribution is 2.33. The number of hydrogen-bond acceptors (Lipinski definition) is 3. The van der Waals surface area contributed by atoms with Gasteiger partial charge in [-0.2, -0.15) is 0 Å². The van der Waals surface area contributed by atoms with E-state index in [0.29, 0.717) is 11.3 Å². The van der Waals surface area contributed by atoms with Gasteiger partial charge in [0, 0.05) is 16.9 Å². The molecular formula is C23H18N2O2S. The Morgan fingerprint density at radius 2 is 1.46 bits per heavy atom. The molecule has 1 aromatic heterocycles. The van der Waals surface area contributed by atoms with Crippen LogP contribution >= 0.6 is 11.8 Å². The molecule has 4 aromatic rings. The number of thioether (sulfide) groups is 1. The van der Waals surface area contributed by atoms with E-state index in [1.165, 1.54) is 0 Å². The summed E-state index contributed by atoms with van der Waals surface area (Å²) in [6, 6.07) is 27.2. The first kappa shape index (κ1) is 18.1. The van der Waals surface area contributed by atoms with Crippen LogP contribution in [0.1, 0.15) is 15.9 Å². The van der Waals surface area contributed by atoms with Gasteiger partial charge >= 0.3 is 5.97 Å². The van der Waals surface area contributed by atoms with E-state index in [1.54, 1.807) is 23.9 Å². The first-order valence-electron chi connectivity index (χ1n) is 8.86. The number of aromatic amines is 1. The van der Waals surface area contributed by atoms with Gasteiger partial charge in [0.25, 0.3) is 0 Å². The minimum absolute atomic E-state index is 0.296. The van der Waals surface area contributed by atoms with E-state index >= 15 is 0 Å². The Kier molecular flexibility index (Phi) is 5.26. The minimum atomic E-state index is -0.912. The van der Waals surface area contributed by atoms with E-state index in [-0.39, 0.29) is 0 Å². The highest BCUT2D eigenvalue weighted by molar-refractivity contribution is 7.98. The van der Waals surface area contributed by atoms with E-state index in [4.69, 9.17) is 10.1 Å². The van der Waals surface area contributed by atoms with Gasteiger partial charge in [0.1, 0.15) is 0 Å². The maximum Gasteiger partial charge on any atom is 0.335 e. The molecule has 4 rings (SSSR count). The van der Waals surface area contributed by atoms with Crippen LogP contribution < -0.4 is 0 Å². The number of nitrogens with zero attached hydrogens (tertiary/aromatic N) is 1. The Morgan fingerprint density at radius 1 is 0.857 bits per heavy atom. The molecule has 0 atom stereocenters. The smallest absolute Gasteiger partial charge is 0.335 e. The normalized spacial score (nSPS) is 10.7. The molecule has 5 heteroatoms. The number of rotatable bonds is 6. The van der Waals surface area contributed by atoms with Crippen LogP contribution in [0, 0.1) is 0 Å². The van der Waals surface area contributed by atoms with E-state index in [1.807, 2.05) is 48.5 Å². The summed E-state index contributed by atoms with van der Waals surface area (Å²) in [6.45, 7) is 0. The lowest BCUT2D eigenvalue weighted by molar-refractivity contribution is 0.0697. The van der Waals surface area contributed by atoms with Crippen molar-refractivity contribution in [3.63, 3.8) is 0 Å². The Morgan fingerprint density at radius 3 is 2.07 bits per heavy atom. The molecule has 4 nitrogen and oxygen atoms in total. The number of hydrogen-bond donors (Lipinski definition) is 2. The Labute approximate surface area is 167 Å². The van der Waals surface area contributed by atoms with Crippen LogP contribution in [0.5, 0.6) is 0 Å². The maximum absolute atomic E-state index is 11.0. The molecule has 0 saturated carbocycles. The van der Waals surface area contributed by atoms with Crippen LogP contribution in [0.25, 0.3) is 22.5 Å². The number of carboxylic acid groups (broad SMARTS) is 1. The number of nitrogens with one attached hydrogen (secondary N) is 1. The van der Waals surface area contributed by atoms with E-state index < -0.39 is 5.97 Å². The van der Waals surface area contributed by atoms with Gasteiger partial charge in [0.2, 0.25) is 0 Å². The number of carboxylic acids is 1. The fraction of sp³-hybridized carbons (Fsp3) is 0.0435. The summed E-state index contributed by atoms with van der Waals surface area (Å²) >= 11 is 1.60. The van der Waals surface area contributed by atoms with Gasteiger partial charge in [-0.1, -0.05) is 84.6 Å². The molecule has 1 heterocycles. The number of aromatic nitrogens is 2. The molecule has 0 radical (unpaired) electrons. The first-order valence-corrected chi connectivity index (χ1v) is 9.85. The fourth-order valence-electron chi connectivity index (χ4n) is 2.93. The molecular weight excluding hydrogens is 368 g/mol. The van der Waals surface area contributed by atoms with Gasteiger partial charge in [-0.15, -0.1) is 0 Å². The third-order valence-corrected chi connectivity index (χ3v) is 5.31. The maximum atomic E-state index is 11.0. The van der Waals surface area contributed by atoms with Gasteiger partial charge in [-0.3, -0.25) is 0 Å². The molecule has 0 saturated heterocycles. The zero-order chi connectivity index (χ0) is 19.3. The number of aromatic carboxylic acids is 1. The molecule has 0 bridgehead atoms. The van der Waals surface area contributed by atoms with Crippen LogP contribution in [0.15, 0.2) is 90.1 Å². The summed E-state index contributed by atoms with van der Waals surface area (Å²) in [4.78, 5) is 19.3. The lowest BCUT2D eigenvalue weighted by Crippen LogP contribution is -1.95. The Hall–Kier alpha value is -3.31. The van der Waals surface area contributed by atoms with E-state index in [9.17, 15) is 4.79 Å². The van der Waals surface area contributed by atoms with Crippen LogP contribution in [0.2, 0.25) is 0 Å². The predicted octanol–water partition coefficient (Wildman–Crippen LogP) is 5.73. The molecule has 0 unspecified atom stereocenters. The molecule has 0 amide bonds. The fourth-order valence-corrected chi connectivity index (χ4v) is 3.76. The van der Waals surface area contributed by atoms with Gasteiger partial charge in [0.15, 0.2) is 5.16 Å². The molecule has 0 spiro atoms. The molecule has 2 N–H and O–H groups in total. The van der Waals surface area contributed by atoms with Crippen molar-refractivity contribution in [2.75, 3.05) is 0 Å². The second-order valence-electron chi connectivity index (χ2n) is 6.29. The average molecular weight is 386 g/mol. The van der Waals surface area contributed by atoms with Crippen molar-refractivity contribution in [2.45, 2.75) is 10.9 Å². The first-order chi connectivity index (χ1) is 13.7. The van der Waals surface area contributed by atoms with Gasteiger partial charge in [-0.25, -0.2) is 9.78 Å². The quantitative estimate of drug-likeness (QED) is 0.415. The Balaban J connectivity index is 1.61. The molecule has 28 heavy (non-hydrogen) atoms. The molecule has 0 aliphatic rings. The minimum Gasteiger partial charge on any atom is -0.478 e. The highest BCUT2D eigenvalue weighted by atomic mass is 32.2. The zero-order valence-electron chi connectivity index (χ0n) is 15.0. The van der Waals surface area contributed by atoms with Crippen molar-refractivity contribution in [3.05, 3.63) is 96.1 Å². The van der Waals surface area contributed by atoms with Gasteiger partial charge < -0.3 is 10.1 Å². The van der Waals surface area contributed by atoms with Crippen molar-refractivity contribution in [1.82, 2.24) is 9.97 Å². The van der Waals surface area contributed by atoms with Crippen LogP contribution in [-0.4, -0.2) is 21.0 Å². The van der Waals surface area contributed by atoms with Crippen LogP contribution in [0.3, 0.4) is 0 Å². The van der Waals surface area contributed by atoms with Gasteiger partial charge in [-0.05, 0) is 17.7 Å². The monoisotopic (exact) mass is 386 g/mol. The molecule has 0 aliphatic heterocycles. The molecule has 3 aromatic carbocycles. The third kappa shape index (κ3) is 4.00. The van der Waals surface area contributed by atoms with Crippen molar-refractivity contribution in [3.8, 4) is 22.5 Å². The standard InChI is InChI=1S/C23H18N2O2S/c26-22(27)19-13-11-16(12-14-19)15-28-23-24-20(17-7-3-1-4-8-17)21(25-23)18-9-5-2-6-10-18/h1-14H,15H2,(H,24,25)(H,26,27). The highest BCUT2D eigenvalue weighted by Gasteiger charge is 2.14. The van der Waals surface area contributed by atoms with Gasteiger partial charge in [0.05, 0.1) is 17.0 Å². The predicted molar refractivity (Wildman–Crippen MR) is 112 cm³/mol. The average Bonchev–Trinajstić information content (AvgIpc) is 3.18. The topological polar surface area (TPSA) is 66.0 Å². The summed E-state index contributed by atoms with van der Waals surface area (Å²) in [5, 5.41) is 9.85. The lowest BCUT2D eigenvalue weighted by atomic mass is 10.1. The van der Waals surface area contributed by atoms with Crippen molar-refractivity contribution in [2.24, 2.45) is 0 Å². The van der Waals surface area contributed by atoms with Crippen molar-refractivity contribution in [1.29, 1.82) is 0 Å². The summed E-state index contributed by atoms with van der Waals surface area (Å²) in [7, 11) is 0. The number of H-pyrrole nitrogens is 1. The Bertz CT molecular complexity index is 1020. The van der Waals surface area contributed by atoms with E-state index in [0.717, 1.165) is 33.2 Å².